The zero-order valence-corrected chi connectivity index (χ0v) is 16.0. The van der Waals surface area contributed by atoms with Crippen molar-refractivity contribution < 1.29 is 4.79 Å². The summed E-state index contributed by atoms with van der Waals surface area (Å²) in [7, 11) is 0. The summed E-state index contributed by atoms with van der Waals surface area (Å²) >= 11 is 0. The minimum Gasteiger partial charge on any atom is -0.397 e. The molecule has 148 valence electrons. The van der Waals surface area contributed by atoms with E-state index in [1.54, 1.807) is 18.2 Å². The lowest BCUT2D eigenvalue weighted by Gasteiger charge is -2.22. The standard InChI is InChI=1S/C21H28N6O/c22-19-4-3-14(21(23)28)9-20(19)26-17-10-16(25-15-5-6-24-13-15)11-18(12-17)27-7-1-2-8-27/h3-4,9-12,15,24-26H,1-2,5-8,13,22H2,(H2,23,28). The van der Waals surface area contributed by atoms with Crippen LogP contribution in [0.3, 0.4) is 0 Å². The van der Waals surface area contributed by atoms with E-state index < -0.39 is 5.91 Å². The molecule has 2 heterocycles. The Hall–Kier alpha value is -2.93. The smallest absolute Gasteiger partial charge is 0.248 e. The van der Waals surface area contributed by atoms with Gasteiger partial charge in [0.15, 0.2) is 0 Å². The van der Waals surface area contributed by atoms with Crippen LogP contribution in [0.5, 0.6) is 0 Å². The molecule has 2 saturated heterocycles. The van der Waals surface area contributed by atoms with Gasteiger partial charge in [-0.05, 0) is 62.2 Å². The maximum atomic E-state index is 11.5. The van der Waals surface area contributed by atoms with Crippen LogP contribution in [0.1, 0.15) is 29.6 Å². The monoisotopic (exact) mass is 380 g/mol. The van der Waals surface area contributed by atoms with E-state index in [2.05, 4.69) is 39.0 Å². The fourth-order valence-corrected chi connectivity index (χ4v) is 3.91. The first-order chi connectivity index (χ1) is 13.6. The Kier molecular flexibility index (Phi) is 5.25. The topological polar surface area (TPSA) is 108 Å². The zero-order chi connectivity index (χ0) is 19.5. The molecule has 0 saturated carbocycles. The minimum atomic E-state index is -0.468. The van der Waals surface area contributed by atoms with Crippen molar-refractivity contribution in [3.63, 3.8) is 0 Å². The first-order valence-corrected chi connectivity index (χ1v) is 9.92. The zero-order valence-electron chi connectivity index (χ0n) is 16.0. The fourth-order valence-electron chi connectivity index (χ4n) is 3.91. The van der Waals surface area contributed by atoms with E-state index >= 15 is 0 Å². The molecular formula is C21H28N6O. The van der Waals surface area contributed by atoms with Gasteiger partial charge in [0.2, 0.25) is 5.91 Å². The number of carbonyl (C=O) groups excluding carboxylic acids is 1. The van der Waals surface area contributed by atoms with Gasteiger partial charge in [-0.3, -0.25) is 4.79 Å². The van der Waals surface area contributed by atoms with Crippen LogP contribution in [0.15, 0.2) is 36.4 Å². The van der Waals surface area contributed by atoms with Crippen LogP contribution in [-0.4, -0.2) is 38.1 Å². The SMILES string of the molecule is NC(=O)c1ccc(N)c(Nc2cc(NC3CCNC3)cc(N3CCCC3)c2)c1. The van der Waals surface area contributed by atoms with Gasteiger partial charge in [0, 0.05) is 48.3 Å². The largest absolute Gasteiger partial charge is 0.397 e. The molecule has 7 nitrogen and oxygen atoms in total. The summed E-state index contributed by atoms with van der Waals surface area (Å²) in [6.45, 7) is 4.18. The van der Waals surface area contributed by atoms with Crippen LogP contribution in [0.2, 0.25) is 0 Å². The maximum Gasteiger partial charge on any atom is 0.248 e. The molecule has 1 atom stereocenters. The third-order valence-corrected chi connectivity index (χ3v) is 5.44. The number of rotatable bonds is 6. The fraction of sp³-hybridized carbons (Fsp3) is 0.381. The molecule has 1 unspecified atom stereocenters. The first-order valence-electron chi connectivity index (χ1n) is 9.92. The number of amides is 1. The van der Waals surface area contributed by atoms with Crippen LogP contribution in [-0.2, 0) is 0 Å². The van der Waals surface area contributed by atoms with Crippen molar-refractivity contribution in [1.29, 1.82) is 0 Å². The molecular weight excluding hydrogens is 352 g/mol. The Morgan fingerprint density at radius 1 is 1.11 bits per heavy atom. The van der Waals surface area contributed by atoms with Gasteiger partial charge in [-0.2, -0.15) is 0 Å². The second kappa shape index (κ2) is 7.98. The first kappa shape index (κ1) is 18.4. The number of carbonyl (C=O) groups is 1. The van der Waals surface area contributed by atoms with Gasteiger partial charge in [0.25, 0.3) is 0 Å². The van der Waals surface area contributed by atoms with Crippen molar-refractivity contribution in [3.8, 4) is 0 Å². The Morgan fingerprint density at radius 2 is 1.89 bits per heavy atom. The van der Waals surface area contributed by atoms with Crippen LogP contribution >= 0.6 is 0 Å². The average Bonchev–Trinajstić information content (AvgIpc) is 3.37. The summed E-state index contributed by atoms with van der Waals surface area (Å²) in [6, 6.07) is 11.9. The number of primary amides is 1. The number of hydrogen-bond acceptors (Lipinski definition) is 6. The van der Waals surface area contributed by atoms with Crippen molar-refractivity contribution in [3.05, 3.63) is 42.0 Å². The molecule has 1 amide bonds. The van der Waals surface area contributed by atoms with Gasteiger partial charge in [-0.1, -0.05) is 0 Å². The van der Waals surface area contributed by atoms with Crippen molar-refractivity contribution in [2.45, 2.75) is 25.3 Å². The molecule has 2 aromatic rings. The van der Waals surface area contributed by atoms with E-state index in [1.807, 2.05) is 0 Å². The predicted octanol–water partition coefficient (Wildman–Crippen LogP) is 2.49. The highest BCUT2D eigenvalue weighted by Gasteiger charge is 2.17. The molecule has 0 bridgehead atoms. The van der Waals surface area contributed by atoms with E-state index in [0.29, 0.717) is 23.0 Å². The van der Waals surface area contributed by atoms with Crippen LogP contribution < -0.4 is 32.3 Å². The lowest BCUT2D eigenvalue weighted by Crippen LogP contribution is -2.23. The summed E-state index contributed by atoms with van der Waals surface area (Å²) in [5.74, 6) is -0.468. The molecule has 2 fully saturated rings. The second-order valence-electron chi connectivity index (χ2n) is 7.59. The van der Waals surface area contributed by atoms with Crippen LogP contribution in [0.4, 0.5) is 28.4 Å². The molecule has 2 aromatic carbocycles. The number of nitrogens with two attached hydrogens (primary N) is 2. The van der Waals surface area contributed by atoms with E-state index in [0.717, 1.165) is 44.0 Å². The van der Waals surface area contributed by atoms with Gasteiger partial charge < -0.3 is 32.3 Å². The Morgan fingerprint density at radius 3 is 2.61 bits per heavy atom. The molecule has 0 aromatic heterocycles. The molecule has 7 N–H and O–H groups in total. The Balaban J connectivity index is 1.64. The number of benzene rings is 2. The molecule has 2 aliphatic heterocycles. The van der Waals surface area contributed by atoms with Crippen molar-refractivity contribution in [2.75, 3.05) is 47.4 Å². The van der Waals surface area contributed by atoms with Gasteiger partial charge >= 0.3 is 0 Å². The lowest BCUT2D eigenvalue weighted by atomic mass is 10.1. The van der Waals surface area contributed by atoms with Crippen molar-refractivity contribution in [2.24, 2.45) is 5.73 Å². The normalized spacial score (nSPS) is 19.0. The van der Waals surface area contributed by atoms with Crippen LogP contribution in [0.25, 0.3) is 0 Å². The summed E-state index contributed by atoms with van der Waals surface area (Å²) in [6.07, 6.45) is 3.56. The maximum absolute atomic E-state index is 11.5. The van der Waals surface area contributed by atoms with Crippen molar-refractivity contribution >= 4 is 34.3 Å². The predicted molar refractivity (Wildman–Crippen MR) is 115 cm³/mol. The molecule has 28 heavy (non-hydrogen) atoms. The molecule has 0 aliphatic carbocycles. The second-order valence-corrected chi connectivity index (χ2v) is 7.59. The van der Waals surface area contributed by atoms with E-state index in [1.165, 1.54) is 18.5 Å². The van der Waals surface area contributed by atoms with Gasteiger partial charge in [0.1, 0.15) is 0 Å². The van der Waals surface area contributed by atoms with Crippen molar-refractivity contribution in [1.82, 2.24) is 5.32 Å². The number of nitrogen functional groups attached to an aromatic ring is 1. The number of nitrogens with zero attached hydrogens (tertiary/aromatic N) is 1. The third kappa shape index (κ3) is 4.14. The minimum absolute atomic E-state index is 0.433. The highest BCUT2D eigenvalue weighted by atomic mass is 16.1. The summed E-state index contributed by atoms with van der Waals surface area (Å²) in [4.78, 5) is 13.9. The van der Waals surface area contributed by atoms with E-state index in [-0.39, 0.29) is 0 Å². The quantitative estimate of drug-likeness (QED) is 0.493. The molecule has 4 rings (SSSR count). The van der Waals surface area contributed by atoms with E-state index in [4.69, 9.17) is 11.5 Å². The third-order valence-electron chi connectivity index (χ3n) is 5.44. The summed E-state index contributed by atoms with van der Waals surface area (Å²) < 4.78 is 0. The Bertz CT molecular complexity index is 856. The molecule has 2 aliphatic rings. The summed E-state index contributed by atoms with van der Waals surface area (Å²) in [5, 5.41) is 10.4. The van der Waals surface area contributed by atoms with Gasteiger partial charge in [-0.25, -0.2) is 0 Å². The van der Waals surface area contributed by atoms with Gasteiger partial charge in [-0.15, -0.1) is 0 Å². The van der Waals surface area contributed by atoms with E-state index in [9.17, 15) is 4.79 Å². The number of anilines is 5. The summed E-state index contributed by atoms with van der Waals surface area (Å²) in [5.41, 5.74) is 16.4. The lowest BCUT2D eigenvalue weighted by molar-refractivity contribution is 0.100. The average molecular weight is 380 g/mol. The molecule has 7 heteroatoms. The van der Waals surface area contributed by atoms with Crippen LogP contribution in [0, 0.1) is 0 Å². The molecule has 0 spiro atoms. The molecule has 0 radical (unpaired) electrons. The highest BCUT2D eigenvalue weighted by molar-refractivity contribution is 5.95. The number of hydrogen-bond donors (Lipinski definition) is 5. The Labute approximate surface area is 165 Å². The number of nitrogens with one attached hydrogen (secondary N) is 3. The van der Waals surface area contributed by atoms with Gasteiger partial charge in [0.05, 0.1) is 11.4 Å². The highest BCUT2D eigenvalue weighted by Crippen LogP contribution is 2.32.